The first-order chi connectivity index (χ1) is 18.4. The molecule has 17 heteroatoms. The van der Waals surface area contributed by atoms with E-state index in [0.717, 1.165) is 23.3 Å². The minimum Gasteiger partial charge on any atom is -0.501 e. The molecule has 1 aromatic heterocycles. The number of carboxylic acid groups (broad SMARTS) is 1. The molecule has 1 heterocycles. The Hall–Kier alpha value is -3.82. The molecule has 3 aromatic carbocycles. The lowest BCUT2D eigenvalue weighted by Gasteiger charge is -2.09. The molecule has 4 rings (SSSR count). The number of aromatic amines is 1. The summed E-state index contributed by atoms with van der Waals surface area (Å²) in [5.74, 6) is -1.87. The standard InChI is InChI=1S/C14H9Cl3N2OS.C7H4N2O7.CH4O/c1-21-14-18-9-5-8(16)12(6-10(9)19-14)20-11-4-2-3-7(15)13(11)17;10-6-4(7(11)12)1-3(8(13)14)2-5(6)9(15)16;1-2/h2-6H,1H3,(H,18,19);1-2,10H,(H,11,12);2H,1H3. The fourth-order valence-electron chi connectivity index (χ4n) is 2.86. The molecule has 39 heavy (non-hydrogen) atoms. The third kappa shape index (κ3) is 7.61. The molecule has 4 aromatic rings. The number of nitrogens with one attached hydrogen (secondary N) is 1. The van der Waals surface area contributed by atoms with Crippen LogP contribution in [0.5, 0.6) is 17.2 Å². The number of aliphatic hydroxyl groups excluding tert-OH is 1. The van der Waals surface area contributed by atoms with Crippen LogP contribution in [0.4, 0.5) is 11.4 Å². The zero-order valence-corrected chi connectivity index (χ0v) is 22.8. The fraction of sp³-hybridized carbons (Fsp3) is 0.0909. The Kier molecular flexibility index (Phi) is 11.1. The van der Waals surface area contributed by atoms with Crippen LogP contribution >= 0.6 is 46.6 Å². The van der Waals surface area contributed by atoms with Crippen LogP contribution in [0.25, 0.3) is 11.0 Å². The summed E-state index contributed by atoms with van der Waals surface area (Å²) < 4.78 is 5.76. The summed E-state index contributed by atoms with van der Waals surface area (Å²) in [6.07, 6.45) is 1.95. The monoisotopic (exact) mass is 618 g/mol. The van der Waals surface area contributed by atoms with Crippen LogP contribution in [-0.2, 0) is 0 Å². The number of halogens is 3. The van der Waals surface area contributed by atoms with Gasteiger partial charge in [-0.2, -0.15) is 0 Å². The lowest BCUT2D eigenvalue weighted by molar-refractivity contribution is -0.394. The van der Waals surface area contributed by atoms with Gasteiger partial charge < -0.3 is 25.0 Å². The van der Waals surface area contributed by atoms with E-state index in [2.05, 4.69) is 9.97 Å². The Balaban J connectivity index is 0.000000267. The Labute approximate surface area is 238 Å². The first kappa shape index (κ1) is 31.4. The molecule has 0 atom stereocenters. The quantitative estimate of drug-likeness (QED) is 0.103. The highest BCUT2D eigenvalue weighted by molar-refractivity contribution is 7.98. The molecule has 0 radical (unpaired) electrons. The summed E-state index contributed by atoms with van der Waals surface area (Å²) in [5, 5.41) is 47.6. The van der Waals surface area contributed by atoms with Crippen LogP contribution < -0.4 is 4.74 Å². The molecule has 0 aliphatic heterocycles. The van der Waals surface area contributed by atoms with Gasteiger partial charge in [0.05, 0.1) is 37.0 Å². The summed E-state index contributed by atoms with van der Waals surface area (Å²) in [7, 11) is 1.00. The number of aromatic hydroxyl groups is 1. The van der Waals surface area contributed by atoms with Gasteiger partial charge in [-0.15, -0.1) is 0 Å². The fourth-order valence-corrected chi connectivity index (χ4v) is 3.79. The molecule has 0 unspecified atom stereocenters. The summed E-state index contributed by atoms with van der Waals surface area (Å²) in [5.41, 5.74) is -1.06. The number of aromatic carboxylic acids is 1. The Morgan fingerprint density at radius 1 is 1.03 bits per heavy atom. The SMILES string of the molecule is CO.CSc1nc2cc(Oc3cccc(Cl)c3Cl)c(Cl)cc2[nH]1.O=C(O)c1cc([N+](=O)[O-])cc([N+](=O)[O-])c1O. The first-order valence-corrected chi connectivity index (χ1v) is 12.5. The van der Waals surface area contributed by atoms with E-state index in [-0.39, 0.29) is 0 Å². The molecule has 0 saturated carbocycles. The van der Waals surface area contributed by atoms with Gasteiger partial charge in [0.2, 0.25) is 5.75 Å². The Morgan fingerprint density at radius 3 is 2.26 bits per heavy atom. The number of non-ortho nitro benzene ring substituents is 1. The van der Waals surface area contributed by atoms with Crippen molar-refractivity contribution in [3.05, 3.63) is 83.3 Å². The normalized spacial score (nSPS) is 10.1. The van der Waals surface area contributed by atoms with E-state index in [9.17, 15) is 30.1 Å². The zero-order valence-electron chi connectivity index (χ0n) is 19.7. The van der Waals surface area contributed by atoms with E-state index in [4.69, 9.17) is 49.8 Å². The number of nitro benzene ring substituents is 2. The van der Waals surface area contributed by atoms with Crippen LogP contribution in [0.15, 0.2) is 47.6 Å². The van der Waals surface area contributed by atoms with Crippen LogP contribution in [0.1, 0.15) is 10.4 Å². The van der Waals surface area contributed by atoms with Gasteiger partial charge in [0.15, 0.2) is 5.16 Å². The maximum atomic E-state index is 10.6. The number of aliphatic hydroxyl groups is 1. The number of rotatable bonds is 6. The lowest BCUT2D eigenvalue weighted by Crippen LogP contribution is -2.02. The number of thioether (sulfide) groups is 1. The smallest absolute Gasteiger partial charge is 0.340 e. The largest absolute Gasteiger partial charge is 0.501 e. The van der Waals surface area contributed by atoms with Crippen molar-refractivity contribution in [2.24, 2.45) is 0 Å². The average molecular weight is 620 g/mol. The van der Waals surface area contributed by atoms with Gasteiger partial charge in [-0.3, -0.25) is 20.2 Å². The molecule has 0 saturated heterocycles. The van der Waals surface area contributed by atoms with E-state index >= 15 is 0 Å². The molecule has 206 valence electrons. The predicted octanol–water partition coefficient (Wildman–Crippen LogP) is 6.55. The number of fused-ring (bicyclic) bond motifs is 1. The van der Waals surface area contributed by atoms with Crippen molar-refractivity contribution in [3.8, 4) is 17.2 Å². The van der Waals surface area contributed by atoms with Gasteiger partial charge in [0.25, 0.3) is 5.69 Å². The van der Waals surface area contributed by atoms with Crippen molar-refractivity contribution in [1.82, 2.24) is 9.97 Å². The van der Waals surface area contributed by atoms with Crippen molar-refractivity contribution in [2.75, 3.05) is 13.4 Å². The summed E-state index contributed by atoms with van der Waals surface area (Å²) in [4.78, 5) is 36.8. The number of nitro groups is 2. The third-order valence-corrected chi connectivity index (χ3v) is 6.23. The molecule has 0 aliphatic rings. The number of carboxylic acids is 1. The maximum absolute atomic E-state index is 10.6. The van der Waals surface area contributed by atoms with Crippen molar-refractivity contribution < 1.29 is 34.7 Å². The van der Waals surface area contributed by atoms with Gasteiger partial charge in [-0.25, -0.2) is 9.78 Å². The molecule has 0 amide bonds. The second kappa shape index (κ2) is 13.8. The summed E-state index contributed by atoms with van der Waals surface area (Å²) in [6, 6.07) is 9.76. The maximum Gasteiger partial charge on any atom is 0.340 e. The molecule has 0 bridgehead atoms. The van der Waals surface area contributed by atoms with E-state index in [1.165, 1.54) is 11.8 Å². The second-order valence-electron chi connectivity index (χ2n) is 6.88. The molecular weight excluding hydrogens is 603 g/mol. The van der Waals surface area contributed by atoms with Crippen LogP contribution in [-0.4, -0.2) is 54.5 Å². The molecule has 4 N–H and O–H groups in total. The molecule has 0 spiro atoms. The van der Waals surface area contributed by atoms with Crippen LogP contribution in [0.3, 0.4) is 0 Å². The van der Waals surface area contributed by atoms with E-state index in [1.807, 2.05) is 6.26 Å². The molecule has 13 nitrogen and oxygen atoms in total. The van der Waals surface area contributed by atoms with Gasteiger partial charge in [-0.1, -0.05) is 52.6 Å². The minimum absolute atomic E-state index is 0.349. The van der Waals surface area contributed by atoms with Crippen LogP contribution in [0, 0.1) is 20.2 Å². The highest BCUT2D eigenvalue weighted by Gasteiger charge is 2.26. The number of hydrogen-bond donors (Lipinski definition) is 4. The summed E-state index contributed by atoms with van der Waals surface area (Å²) >= 11 is 19.9. The summed E-state index contributed by atoms with van der Waals surface area (Å²) in [6.45, 7) is 0. The number of nitrogens with zero attached hydrogens (tertiary/aromatic N) is 3. The molecule has 0 aliphatic carbocycles. The molecule has 0 fully saturated rings. The lowest BCUT2D eigenvalue weighted by atomic mass is 10.1. The van der Waals surface area contributed by atoms with Crippen molar-refractivity contribution >= 4 is 74.9 Å². The van der Waals surface area contributed by atoms with E-state index in [1.54, 1.807) is 30.3 Å². The van der Waals surface area contributed by atoms with Crippen molar-refractivity contribution in [3.63, 3.8) is 0 Å². The van der Waals surface area contributed by atoms with Crippen molar-refractivity contribution in [2.45, 2.75) is 5.16 Å². The number of imidazole rings is 1. The Bertz CT molecular complexity index is 1510. The van der Waals surface area contributed by atoms with Gasteiger partial charge in [0.1, 0.15) is 22.1 Å². The number of ether oxygens (including phenoxy) is 1. The third-order valence-electron chi connectivity index (χ3n) is 4.56. The van der Waals surface area contributed by atoms with E-state index in [0.29, 0.717) is 38.7 Å². The highest BCUT2D eigenvalue weighted by Crippen LogP contribution is 2.38. The van der Waals surface area contributed by atoms with E-state index < -0.39 is 38.5 Å². The molecular formula is C22H17Cl3N4O9S. The van der Waals surface area contributed by atoms with Crippen LogP contribution in [0.2, 0.25) is 15.1 Å². The number of carbonyl (C=O) groups is 1. The van der Waals surface area contributed by atoms with Gasteiger partial charge in [0, 0.05) is 19.2 Å². The number of benzene rings is 3. The number of phenols is 1. The second-order valence-corrected chi connectivity index (χ2v) is 8.87. The average Bonchev–Trinajstić information content (AvgIpc) is 3.30. The van der Waals surface area contributed by atoms with Gasteiger partial charge in [-0.05, 0) is 24.5 Å². The topological polar surface area (TPSA) is 202 Å². The number of aromatic nitrogens is 2. The first-order valence-electron chi connectivity index (χ1n) is 10.1. The van der Waals surface area contributed by atoms with Gasteiger partial charge >= 0.3 is 11.7 Å². The number of H-pyrrole nitrogens is 1. The van der Waals surface area contributed by atoms with Crippen molar-refractivity contribution in [1.29, 1.82) is 0 Å². The highest BCUT2D eigenvalue weighted by atomic mass is 35.5. The zero-order chi connectivity index (χ0) is 29.4. The predicted molar refractivity (Wildman–Crippen MR) is 146 cm³/mol. The minimum atomic E-state index is -1.69. The number of hydrogen-bond acceptors (Lipinski definition) is 10. The Morgan fingerprint density at radius 2 is 1.69 bits per heavy atom.